The van der Waals surface area contributed by atoms with Gasteiger partial charge in [-0.2, -0.15) is 0 Å². The highest BCUT2D eigenvalue weighted by atomic mass is 35.5. The maximum absolute atomic E-state index is 12.3. The second-order valence-corrected chi connectivity index (χ2v) is 8.09. The van der Waals surface area contributed by atoms with Crippen molar-refractivity contribution >= 4 is 27.3 Å². The van der Waals surface area contributed by atoms with E-state index in [-0.39, 0.29) is 17.1 Å². The number of aliphatic hydroxyl groups is 1. The van der Waals surface area contributed by atoms with Crippen LogP contribution in [-0.2, 0) is 10.0 Å². The van der Waals surface area contributed by atoms with Crippen molar-refractivity contribution < 1.29 is 13.5 Å². The van der Waals surface area contributed by atoms with Crippen molar-refractivity contribution in [3.05, 3.63) is 23.2 Å². The minimum atomic E-state index is -3.75. The number of anilines is 1. The smallest absolute Gasteiger partial charge is 0.242 e. The summed E-state index contributed by atoms with van der Waals surface area (Å²) < 4.78 is 27.0. The van der Waals surface area contributed by atoms with E-state index in [1.165, 1.54) is 18.2 Å². The molecule has 2 rings (SSSR count). The Morgan fingerprint density at radius 3 is 2.62 bits per heavy atom. The summed E-state index contributed by atoms with van der Waals surface area (Å²) >= 11 is 5.77. The fourth-order valence-corrected chi connectivity index (χ4v) is 3.96. The van der Waals surface area contributed by atoms with Crippen LogP contribution in [0.25, 0.3) is 0 Å². The molecule has 0 aromatic heterocycles. The highest BCUT2D eigenvalue weighted by Gasteiger charge is 2.33. The third-order valence-corrected chi connectivity index (χ3v) is 5.77. The van der Waals surface area contributed by atoms with Gasteiger partial charge in [-0.25, -0.2) is 13.1 Å². The average molecular weight is 333 g/mol. The number of nitrogens with one attached hydrogen (secondary N) is 1. The fourth-order valence-electron chi connectivity index (χ4n) is 2.55. The molecule has 0 spiro atoms. The van der Waals surface area contributed by atoms with Crippen LogP contribution in [-0.4, -0.2) is 25.7 Å². The number of halogens is 1. The van der Waals surface area contributed by atoms with E-state index in [2.05, 4.69) is 11.6 Å². The van der Waals surface area contributed by atoms with Crippen LogP contribution in [0.3, 0.4) is 0 Å². The minimum Gasteiger partial charge on any atom is -0.398 e. The highest BCUT2D eigenvalue weighted by molar-refractivity contribution is 7.89. The molecule has 0 bridgehead atoms. The number of nitrogen functional groups attached to an aromatic ring is 1. The predicted molar refractivity (Wildman–Crippen MR) is 83.6 cm³/mol. The first-order valence-electron chi connectivity index (χ1n) is 6.99. The number of benzene rings is 1. The molecule has 0 radical (unpaired) electrons. The molecule has 0 unspecified atom stereocenters. The SMILES string of the molecule is CC1CCC(O)(CNS(=O)(=O)c2ccc(Cl)cc2N)CC1. The third kappa shape index (κ3) is 4.10. The van der Waals surface area contributed by atoms with Gasteiger partial charge >= 0.3 is 0 Å². The molecule has 7 heteroatoms. The van der Waals surface area contributed by atoms with Gasteiger partial charge in [0.15, 0.2) is 0 Å². The van der Waals surface area contributed by atoms with E-state index in [0.717, 1.165) is 12.8 Å². The van der Waals surface area contributed by atoms with Crippen molar-refractivity contribution in [1.82, 2.24) is 4.72 Å². The van der Waals surface area contributed by atoms with Crippen molar-refractivity contribution in [2.45, 2.75) is 43.1 Å². The molecule has 1 fully saturated rings. The summed E-state index contributed by atoms with van der Waals surface area (Å²) in [5.41, 5.74) is 4.83. The minimum absolute atomic E-state index is 0.00409. The Labute approximate surface area is 130 Å². The molecule has 1 aromatic rings. The first-order valence-corrected chi connectivity index (χ1v) is 8.85. The van der Waals surface area contributed by atoms with Crippen molar-refractivity contribution in [3.63, 3.8) is 0 Å². The van der Waals surface area contributed by atoms with Crippen LogP contribution in [0.1, 0.15) is 32.6 Å². The predicted octanol–water partition coefficient (Wildman–Crippen LogP) is 2.14. The number of sulfonamides is 1. The van der Waals surface area contributed by atoms with Crippen LogP contribution in [0.15, 0.2) is 23.1 Å². The summed E-state index contributed by atoms with van der Waals surface area (Å²) in [6.07, 6.45) is 3.02. The van der Waals surface area contributed by atoms with Gasteiger partial charge in [0.25, 0.3) is 0 Å². The Morgan fingerprint density at radius 2 is 2.05 bits per heavy atom. The van der Waals surface area contributed by atoms with Gasteiger partial charge in [-0.15, -0.1) is 0 Å². The fraction of sp³-hybridized carbons (Fsp3) is 0.571. The first kappa shape index (κ1) is 16.5. The lowest BCUT2D eigenvalue weighted by Crippen LogP contribution is -2.45. The quantitative estimate of drug-likeness (QED) is 0.736. The molecule has 4 N–H and O–H groups in total. The van der Waals surface area contributed by atoms with Gasteiger partial charge in [0, 0.05) is 11.6 Å². The zero-order chi connectivity index (χ0) is 15.7. The maximum atomic E-state index is 12.3. The van der Waals surface area contributed by atoms with Crippen LogP contribution in [0, 0.1) is 5.92 Å². The summed E-state index contributed by atoms with van der Waals surface area (Å²) in [5.74, 6) is 0.578. The molecular weight excluding hydrogens is 312 g/mol. The van der Waals surface area contributed by atoms with Crippen LogP contribution in [0.4, 0.5) is 5.69 Å². The molecule has 0 amide bonds. The first-order chi connectivity index (χ1) is 9.72. The summed E-state index contributed by atoms with van der Waals surface area (Å²) in [7, 11) is -3.75. The number of nitrogens with two attached hydrogens (primary N) is 1. The van der Waals surface area contributed by atoms with Gasteiger partial charge < -0.3 is 10.8 Å². The van der Waals surface area contributed by atoms with Gasteiger partial charge in [0.1, 0.15) is 4.90 Å². The molecule has 1 saturated carbocycles. The van der Waals surface area contributed by atoms with Gasteiger partial charge in [-0.3, -0.25) is 0 Å². The molecule has 5 nitrogen and oxygen atoms in total. The van der Waals surface area contributed by atoms with Gasteiger partial charge in [0.2, 0.25) is 10.0 Å². The normalized spacial score (nSPS) is 26.7. The second kappa shape index (κ2) is 6.12. The standard InChI is InChI=1S/C14H21ClN2O3S/c1-10-4-6-14(18,7-5-10)9-17-21(19,20)13-3-2-11(15)8-12(13)16/h2-3,8,10,17-18H,4-7,9,16H2,1H3. The van der Waals surface area contributed by atoms with E-state index in [1.807, 2.05) is 0 Å². The van der Waals surface area contributed by atoms with Crippen LogP contribution in [0.5, 0.6) is 0 Å². The Bertz CT molecular complexity index is 611. The molecule has 1 aliphatic carbocycles. The number of hydrogen-bond acceptors (Lipinski definition) is 4. The molecule has 0 heterocycles. The molecule has 1 aliphatic rings. The number of rotatable bonds is 4. The Balaban J connectivity index is 2.08. The second-order valence-electron chi connectivity index (χ2n) is 5.91. The van der Waals surface area contributed by atoms with Crippen molar-refractivity contribution in [1.29, 1.82) is 0 Å². The monoisotopic (exact) mass is 332 g/mol. The molecule has 0 aliphatic heterocycles. The summed E-state index contributed by atoms with van der Waals surface area (Å²) in [4.78, 5) is -0.0142. The summed E-state index contributed by atoms with van der Waals surface area (Å²) in [6.45, 7) is 2.14. The third-order valence-electron chi connectivity index (χ3n) is 4.06. The zero-order valence-corrected chi connectivity index (χ0v) is 13.5. The van der Waals surface area contributed by atoms with Gasteiger partial charge in [0.05, 0.1) is 11.3 Å². The summed E-state index contributed by atoms with van der Waals surface area (Å²) in [5, 5.41) is 10.8. The van der Waals surface area contributed by atoms with E-state index in [1.54, 1.807) is 0 Å². The van der Waals surface area contributed by atoms with E-state index in [0.29, 0.717) is 23.8 Å². The van der Waals surface area contributed by atoms with Gasteiger partial charge in [-0.1, -0.05) is 18.5 Å². The molecular formula is C14H21ClN2O3S. The molecule has 118 valence electrons. The number of hydrogen-bond donors (Lipinski definition) is 3. The van der Waals surface area contributed by atoms with Crippen LogP contribution < -0.4 is 10.5 Å². The lowest BCUT2D eigenvalue weighted by Gasteiger charge is -2.34. The van der Waals surface area contributed by atoms with Crippen LogP contribution >= 0.6 is 11.6 Å². The Hall–Kier alpha value is -0.820. The molecule has 0 saturated heterocycles. The largest absolute Gasteiger partial charge is 0.398 e. The maximum Gasteiger partial charge on any atom is 0.242 e. The van der Waals surface area contributed by atoms with Crippen molar-refractivity contribution in [2.75, 3.05) is 12.3 Å². The summed E-state index contributed by atoms with van der Waals surface area (Å²) in [6, 6.07) is 4.24. The van der Waals surface area contributed by atoms with E-state index in [9.17, 15) is 13.5 Å². The lowest BCUT2D eigenvalue weighted by molar-refractivity contribution is -0.00182. The molecule has 21 heavy (non-hydrogen) atoms. The lowest BCUT2D eigenvalue weighted by atomic mass is 9.80. The van der Waals surface area contributed by atoms with Crippen molar-refractivity contribution in [2.24, 2.45) is 5.92 Å². The zero-order valence-electron chi connectivity index (χ0n) is 12.0. The van der Waals surface area contributed by atoms with E-state index >= 15 is 0 Å². The van der Waals surface area contributed by atoms with Crippen LogP contribution in [0.2, 0.25) is 5.02 Å². The molecule has 0 atom stereocenters. The van der Waals surface area contributed by atoms with Gasteiger partial charge in [-0.05, 0) is 49.8 Å². The van der Waals surface area contributed by atoms with Crippen molar-refractivity contribution in [3.8, 4) is 0 Å². The Kier molecular flexibility index (Phi) is 4.82. The topological polar surface area (TPSA) is 92.4 Å². The van der Waals surface area contributed by atoms with E-state index in [4.69, 9.17) is 17.3 Å². The Morgan fingerprint density at radius 1 is 1.43 bits per heavy atom. The highest BCUT2D eigenvalue weighted by Crippen LogP contribution is 2.31. The molecule has 1 aromatic carbocycles. The average Bonchev–Trinajstić information content (AvgIpc) is 2.40. The van der Waals surface area contributed by atoms with E-state index < -0.39 is 15.6 Å².